The lowest BCUT2D eigenvalue weighted by atomic mass is 10.0. The fraction of sp³-hybridized carbons (Fsp3) is 0.269. The summed E-state index contributed by atoms with van der Waals surface area (Å²) in [7, 11) is 0. The SMILES string of the molecule is CC.CC.O=c1on(SC2CC2)c2ccc(-c3ccc(Oc4ccccc4)cc3)cc12. The highest BCUT2D eigenvalue weighted by Gasteiger charge is 2.25. The topological polar surface area (TPSA) is 44.4 Å². The van der Waals surface area contributed by atoms with E-state index in [1.54, 1.807) is 16.1 Å². The van der Waals surface area contributed by atoms with E-state index in [1.807, 2.05) is 100 Å². The molecule has 0 spiro atoms. The van der Waals surface area contributed by atoms with Crippen molar-refractivity contribution < 1.29 is 9.26 Å². The minimum absolute atomic E-state index is 0.288. The van der Waals surface area contributed by atoms with Gasteiger partial charge in [-0.15, -0.1) is 4.15 Å². The van der Waals surface area contributed by atoms with Crippen molar-refractivity contribution in [2.45, 2.75) is 45.8 Å². The summed E-state index contributed by atoms with van der Waals surface area (Å²) in [5.74, 6) is 1.58. The molecule has 0 amide bonds. The van der Waals surface area contributed by atoms with Crippen LogP contribution in [0.2, 0.25) is 0 Å². The molecule has 1 aliphatic rings. The van der Waals surface area contributed by atoms with Crippen LogP contribution in [0.5, 0.6) is 11.5 Å². The van der Waals surface area contributed by atoms with Crippen LogP contribution >= 0.6 is 11.9 Å². The summed E-state index contributed by atoms with van der Waals surface area (Å²) in [5.41, 5.74) is 2.56. The number of hydrogen-bond donors (Lipinski definition) is 0. The number of rotatable bonds is 5. The first-order valence-electron chi connectivity index (χ1n) is 10.9. The fourth-order valence-corrected chi connectivity index (χ4v) is 3.94. The minimum Gasteiger partial charge on any atom is -0.457 e. The molecular weight excluding hydrogens is 406 g/mol. The Hall–Kier alpha value is -2.92. The third-order valence-electron chi connectivity index (χ3n) is 4.51. The Morgan fingerprint density at radius 2 is 1.45 bits per heavy atom. The predicted octanol–water partition coefficient (Wildman–Crippen LogP) is 7.76. The Labute approximate surface area is 187 Å². The standard InChI is InChI=1S/C22H17NO3S.2C2H6/c24-22-20-14-16(8-13-21(20)23(26-22)27-19-11-12-19)15-6-9-18(10-7-15)25-17-4-2-1-3-5-17;2*1-2/h1-10,13-14,19H,11-12H2;2*1-2H3. The fourth-order valence-electron chi connectivity index (χ4n) is 2.94. The largest absolute Gasteiger partial charge is 0.457 e. The number of benzene rings is 3. The second-order valence-corrected chi connectivity index (χ2v) is 7.82. The first-order valence-corrected chi connectivity index (χ1v) is 11.8. The normalized spacial score (nSPS) is 12.4. The Bertz CT molecular complexity index is 1140. The third-order valence-corrected chi connectivity index (χ3v) is 5.75. The maximum absolute atomic E-state index is 12.2. The van der Waals surface area contributed by atoms with Crippen molar-refractivity contribution in [3.63, 3.8) is 0 Å². The van der Waals surface area contributed by atoms with Gasteiger partial charge in [-0.2, -0.15) is 0 Å². The van der Waals surface area contributed by atoms with Gasteiger partial charge in [0.1, 0.15) is 17.0 Å². The molecule has 3 aromatic carbocycles. The van der Waals surface area contributed by atoms with Gasteiger partial charge in [-0.05, 0) is 72.3 Å². The van der Waals surface area contributed by atoms with Gasteiger partial charge in [-0.25, -0.2) is 4.79 Å². The van der Waals surface area contributed by atoms with E-state index in [4.69, 9.17) is 9.26 Å². The Kier molecular flexibility index (Phi) is 8.01. The molecule has 31 heavy (non-hydrogen) atoms. The van der Waals surface area contributed by atoms with Crippen LogP contribution in [-0.2, 0) is 0 Å². The summed E-state index contributed by atoms with van der Waals surface area (Å²) in [5, 5.41) is 1.19. The van der Waals surface area contributed by atoms with Gasteiger partial charge in [0.15, 0.2) is 0 Å². The molecule has 0 atom stereocenters. The summed E-state index contributed by atoms with van der Waals surface area (Å²) >= 11 is 1.60. The minimum atomic E-state index is -0.288. The van der Waals surface area contributed by atoms with Crippen molar-refractivity contribution in [1.82, 2.24) is 4.15 Å². The zero-order chi connectivity index (χ0) is 22.2. The zero-order valence-corrected chi connectivity index (χ0v) is 19.3. The molecular formula is C26H29NO3S. The molecule has 1 aliphatic carbocycles. The van der Waals surface area contributed by atoms with E-state index in [1.165, 1.54) is 12.8 Å². The van der Waals surface area contributed by atoms with Gasteiger partial charge in [0, 0.05) is 5.25 Å². The van der Waals surface area contributed by atoms with Crippen LogP contribution < -0.4 is 10.4 Å². The highest BCUT2D eigenvalue weighted by atomic mass is 32.2. The first kappa shape index (κ1) is 22.8. The lowest BCUT2D eigenvalue weighted by molar-refractivity contribution is 0.371. The monoisotopic (exact) mass is 435 g/mol. The Morgan fingerprint density at radius 1 is 0.839 bits per heavy atom. The van der Waals surface area contributed by atoms with E-state index in [0.717, 1.165) is 28.1 Å². The van der Waals surface area contributed by atoms with Crippen LogP contribution in [0.25, 0.3) is 22.0 Å². The molecule has 1 aromatic heterocycles. The molecule has 162 valence electrons. The van der Waals surface area contributed by atoms with Crippen molar-refractivity contribution >= 4 is 22.9 Å². The number of para-hydroxylation sites is 1. The van der Waals surface area contributed by atoms with Gasteiger partial charge in [0.05, 0.1) is 5.39 Å². The van der Waals surface area contributed by atoms with Crippen molar-refractivity contribution in [2.24, 2.45) is 0 Å². The van der Waals surface area contributed by atoms with E-state index in [9.17, 15) is 4.79 Å². The van der Waals surface area contributed by atoms with Crippen LogP contribution in [0.3, 0.4) is 0 Å². The van der Waals surface area contributed by atoms with E-state index >= 15 is 0 Å². The summed E-state index contributed by atoms with van der Waals surface area (Å²) in [6.45, 7) is 8.00. The van der Waals surface area contributed by atoms with Crippen molar-refractivity contribution in [1.29, 1.82) is 0 Å². The summed E-state index contributed by atoms with van der Waals surface area (Å²) in [6.07, 6.45) is 2.37. The summed E-state index contributed by atoms with van der Waals surface area (Å²) in [6, 6.07) is 23.4. The highest BCUT2D eigenvalue weighted by Crippen LogP contribution is 2.37. The molecule has 0 unspecified atom stereocenters. The molecule has 5 rings (SSSR count). The Balaban J connectivity index is 0.000000645. The summed E-state index contributed by atoms with van der Waals surface area (Å²) in [4.78, 5) is 12.2. The number of hydrogen-bond acceptors (Lipinski definition) is 4. The molecule has 1 heterocycles. The molecule has 0 aliphatic heterocycles. The maximum atomic E-state index is 12.2. The summed E-state index contributed by atoms with van der Waals surface area (Å²) < 4.78 is 12.9. The number of fused-ring (bicyclic) bond motifs is 1. The quantitative estimate of drug-likeness (QED) is 0.321. The van der Waals surface area contributed by atoms with E-state index in [0.29, 0.717) is 10.6 Å². The molecule has 1 saturated carbocycles. The molecule has 5 heteroatoms. The van der Waals surface area contributed by atoms with Crippen molar-refractivity contribution in [3.05, 3.63) is 83.2 Å². The van der Waals surface area contributed by atoms with Gasteiger partial charge in [0.2, 0.25) is 0 Å². The maximum Gasteiger partial charge on any atom is 0.366 e. The molecule has 0 radical (unpaired) electrons. The molecule has 4 aromatic rings. The van der Waals surface area contributed by atoms with Crippen molar-refractivity contribution in [2.75, 3.05) is 0 Å². The van der Waals surface area contributed by atoms with Crippen molar-refractivity contribution in [3.8, 4) is 22.6 Å². The van der Waals surface area contributed by atoms with E-state index in [2.05, 4.69) is 0 Å². The van der Waals surface area contributed by atoms with Crippen LogP contribution in [0, 0.1) is 0 Å². The van der Waals surface area contributed by atoms with E-state index < -0.39 is 0 Å². The molecule has 0 saturated heterocycles. The van der Waals surface area contributed by atoms with Gasteiger partial charge in [-0.3, -0.25) is 0 Å². The number of ether oxygens (including phenoxy) is 1. The molecule has 0 N–H and O–H groups in total. The number of nitrogens with zero attached hydrogens (tertiary/aromatic N) is 1. The average molecular weight is 436 g/mol. The second-order valence-electron chi connectivity index (χ2n) is 6.61. The number of aromatic nitrogens is 1. The van der Waals surface area contributed by atoms with Crippen LogP contribution in [0.4, 0.5) is 0 Å². The second kappa shape index (κ2) is 10.9. The van der Waals surface area contributed by atoms with Crippen LogP contribution in [0.15, 0.2) is 82.1 Å². The third kappa shape index (κ3) is 5.61. The molecule has 4 nitrogen and oxygen atoms in total. The van der Waals surface area contributed by atoms with Gasteiger partial charge >= 0.3 is 5.63 Å². The highest BCUT2D eigenvalue weighted by molar-refractivity contribution is 7.98. The Morgan fingerprint density at radius 3 is 2.10 bits per heavy atom. The van der Waals surface area contributed by atoms with Gasteiger partial charge in [0.25, 0.3) is 0 Å². The smallest absolute Gasteiger partial charge is 0.366 e. The lowest BCUT2D eigenvalue weighted by Crippen LogP contribution is -1.92. The lowest BCUT2D eigenvalue weighted by Gasteiger charge is -2.07. The zero-order valence-electron chi connectivity index (χ0n) is 18.5. The van der Waals surface area contributed by atoms with Crippen LogP contribution in [-0.4, -0.2) is 9.40 Å². The van der Waals surface area contributed by atoms with Gasteiger partial charge < -0.3 is 9.26 Å². The predicted molar refractivity (Wildman–Crippen MR) is 131 cm³/mol. The molecule has 1 fully saturated rings. The molecule has 0 bridgehead atoms. The van der Waals surface area contributed by atoms with E-state index in [-0.39, 0.29) is 5.63 Å². The van der Waals surface area contributed by atoms with Gasteiger partial charge in [-0.1, -0.05) is 64.1 Å². The average Bonchev–Trinajstić information content (AvgIpc) is 3.60. The van der Waals surface area contributed by atoms with Crippen LogP contribution in [0.1, 0.15) is 40.5 Å². The first-order chi connectivity index (χ1) is 15.3.